The van der Waals surface area contributed by atoms with Gasteiger partial charge < -0.3 is 10.2 Å². The minimum absolute atomic E-state index is 0.0434. The fourth-order valence-corrected chi connectivity index (χ4v) is 6.65. The average molecular weight is 480 g/mol. The predicted octanol–water partition coefficient (Wildman–Crippen LogP) is 2.77. The minimum Gasteiger partial charge on any atom is -0.355 e. The molecule has 0 radical (unpaired) electrons. The lowest BCUT2D eigenvalue weighted by molar-refractivity contribution is -0.126. The van der Waals surface area contributed by atoms with E-state index < -0.39 is 10.0 Å². The van der Waals surface area contributed by atoms with Crippen molar-refractivity contribution in [3.05, 3.63) is 18.2 Å². The maximum absolute atomic E-state index is 12.8. The molecule has 1 saturated heterocycles. The van der Waals surface area contributed by atoms with Gasteiger partial charge in [0, 0.05) is 25.6 Å². The summed E-state index contributed by atoms with van der Waals surface area (Å²) in [5.74, 6) is 0.446. The van der Waals surface area contributed by atoms with Crippen molar-refractivity contribution in [3.8, 4) is 0 Å². The first kappa shape index (κ1) is 23.5. The van der Waals surface area contributed by atoms with E-state index >= 15 is 0 Å². The highest BCUT2D eigenvalue weighted by atomic mass is 32.2. The van der Waals surface area contributed by atoms with E-state index in [2.05, 4.69) is 23.7 Å². The quantitative estimate of drug-likeness (QED) is 0.603. The Morgan fingerprint density at radius 1 is 1.06 bits per heavy atom. The molecule has 1 aliphatic heterocycles. The van der Waals surface area contributed by atoms with Gasteiger partial charge in [0.2, 0.25) is 15.9 Å². The summed E-state index contributed by atoms with van der Waals surface area (Å²) in [5.41, 5.74) is 1.02. The van der Waals surface area contributed by atoms with Gasteiger partial charge in [0.1, 0.15) is 15.9 Å². The summed E-state index contributed by atoms with van der Waals surface area (Å²) in [6.07, 6.45) is 8.50. The third-order valence-corrected chi connectivity index (χ3v) is 8.74. The Hall–Kier alpha value is -1.62. The number of amides is 1. The van der Waals surface area contributed by atoms with Crippen molar-refractivity contribution in [1.82, 2.24) is 23.7 Å². The molecule has 8 nitrogen and oxygen atoms in total. The second kappa shape index (κ2) is 11.0. The normalized spacial score (nSPS) is 23.1. The van der Waals surface area contributed by atoms with E-state index in [-0.39, 0.29) is 22.6 Å². The lowest BCUT2D eigenvalue weighted by Crippen LogP contribution is -2.39. The summed E-state index contributed by atoms with van der Waals surface area (Å²) in [6, 6.07) is 5.02. The number of hydrogen-bond donors (Lipinski definition) is 2. The van der Waals surface area contributed by atoms with Gasteiger partial charge in [0.15, 0.2) is 0 Å². The second-order valence-electron chi connectivity index (χ2n) is 9.00. The van der Waals surface area contributed by atoms with Gasteiger partial charge >= 0.3 is 0 Å². The van der Waals surface area contributed by atoms with Crippen molar-refractivity contribution in [3.63, 3.8) is 0 Å². The molecule has 0 atom stereocenters. The smallest absolute Gasteiger partial charge is 0.242 e. The molecule has 2 heterocycles. The molecule has 4 rings (SSSR count). The number of aromatic nitrogens is 2. The van der Waals surface area contributed by atoms with Crippen molar-refractivity contribution in [2.45, 2.75) is 56.3 Å². The van der Waals surface area contributed by atoms with E-state index in [0.29, 0.717) is 17.6 Å². The van der Waals surface area contributed by atoms with Gasteiger partial charge in [-0.15, -0.1) is 0 Å². The molecule has 2 fully saturated rings. The summed E-state index contributed by atoms with van der Waals surface area (Å²) in [6.45, 7) is 4.33. The molecule has 1 saturated carbocycles. The van der Waals surface area contributed by atoms with Gasteiger partial charge in [-0.05, 0) is 69.7 Å². The molecule has 1 aliphatic carbocycles. The number of carbonyl (C=O) groups excluding carboxylic acids is 1. The SMILES string of the molecule is O=C(NCCN1CCCCCC1)C1CCC(CNS(=O)(=O)c2cccc3nsnc23)CC1. The second-order valence-corrected chi connectivity index (χ2v) is 11.3. The van der Waals surface area contributed by atoms with Crippen LogP contribution in [0.1, 0.15) is 51.4 Å². The van der Waals surface area contributed by atoms with Crippen LogP contribution in [-0.2, 0) is 14.8 Å². The van der Waals surface area contributed by atoms with Crippen LogP contribution in [0.15, 0.2) is 23.1 Å². The lowest BCUT2D eigenvalue weighted by Gasteiger charge is -2.28. The van der Waals surface area contributed by atoms with Crippen LogP contribution < -0.4 is 10.0 Å². The van der Waals surface area contributed by atoms with E-state index in [9.17, 15) is 13.2 Å². The Bertz CT molecular complexity index is 994. The number of carbonyl (C=O) groups is 1. The minimum atomic E-state index is -3.64. The highest BCUT2D eigenvalue weighted by Crippen LogP contribution is 2.29. The molecule has 2 N–H and O–H groups in total. The van der Waals surface area contributed by atoms with Crippen LogP contribution in [0.25, 0.3) is 11.0 Å². The van der Waals surface area contributed by atoms with Crippen molar-refractivity contribution in [2.24, 2.45) is 11.8 Å². The Balaban J connectivity index is 1.19. The summed E-state index contributed by atoms with van der Waals surface area (Å²) in [7, 11) is -3.64. The van der Waals surface area contributed by atoms with E-state index in [0.717, 1.165) is 63.6 Å². The fourth-order valence-electron chi connectivity index (χ4n) is 4.77. The van der Waals surface area contributed by atoms with Crippen molar-refractivity contribution in [2.75, 3.05) is 32.7 Å². The first-order valence-electron chi connectivity index (χ1n) is 11.7. The maximum atomic E-state index is 12.8. The number of nitrogens with one attached hydrogen (secondary N) is 2. The zero-order chi connectivity index (χ0) is 22.4. The number of rotatable bonds is 8. The van der Waals surface area contributed by atoms with Gasteiger partial charge in [-0.2, -0.15) is 8.75 Å². The first-order chi connectivity index (χ1) is 15.5. The van der Waals surface area contributed by atoms with Crippen molar-refractivity contribution in [1.29, 1.82) is 0 Å². The van der Waals surface area contributed by atoms with Gasteiger partial charge in [-0.3, -0.25) is 4.79 Å². The first-order valence-corrected chi connectivity index (χ1v) is 14.0. The fraction of sp³-hybridized carbons (Fsp3) is 0.682. The molecule has 2 aliphatic rings. The molecule has 1 aromatic carbocycles. The third-order valence-electron chi connectivity index (χ3n) is 6.74. The van der Waals surface area contributed by atoms with Crippen LogP contribution in [0.5, 0.6) is 0 Å². The zero-order valence-corrected chi connectivity index (χ0v) is 20.1. The monoisotopic (exact) mass is 479 g/mol. The Labute approximate surface area is 194 Å². The Morgan fingerprint density at radius 3 is 2.56 bits per heavy atom. The molecule has 0 unspecified atom stereocenters. The van der Waals surface area contributed by atoms with E-state index in [1.165, 1.54) is 25.7 Å². The molecule has 1 amide bonds. The van der Waals surface area contributed by atoms with Crippen molar-refractivity contribution >= 4 is 38.7 Å². The highest BCUT2D eigenvalue weighted by molar-refractivity contribution is 7.89. The summed E-state index contributed by atoms with van der Waals surface area (Å²) in [5, 5.41) is 3.12. The number of sulfonamides is 1. The van der Waals surface area contributed by atoms with Crippen LogP contribution in [0.4, 0.5) is 0 Å². The highest BCUT2D eigenvalue weighted by Gasteiger charge is 2.28. The average Bonchev–Trinajstić information content (AvgIpc) is 3.14. The Morgan fingerprint density at radius 2 is 1.81 bits per heavy atom. The van der Waals surface area contributed by atoms with Crippen LogP contribution in [0, 0.1) is 11.8 Å². The molecular weight excluding hydrogens is 446 g/mol. The van der Waals surface area contributed by atoms with Crippen molar-refractivity contribution < 1.29 is 13.2 Å². The number of nitrogens with zero attached hydrogens (tertiary/aromatic N) is 3. The van der Waals surface area contributed by atoms with Gasteiger partial charge in [-0.25, -0.2) is 13.1 Å². The van der Waals surface area contributed by atoms with Crippen LogP contribution in [0.3, 0.4) is 0 Å². The van der Waals surface area contributed by atoms with Crippen LogP contribution in [-0.4, -0.2) is 60.7 Å². The van der Waals surface area contributed by atoms with E-state index in [1.54, 1.807) is 18.2 Å². The number of likely N-dealkylation sites (tertiary alicyclic amines) is 1. The van der Waals surface area contributed by atoms with Crippen LogP contribution in [0.2, 0.25) is 0 Å². The van der Waals surface area contributed by atoms with E-state index in [4.69, 9.17) is 0 Å². The number of fused-ring (bicyclic) bond motifs is 1. The molecule has 0 bridgehead atoms. The third kappa shape index (κ3) is 6.03. The summed E-state index contributed by atoms with van der Waals surface area (Å²) >= 11 is 1.01. The molecule has 176 valence electrons. The maximum Gasteiger partial charge on any atom is 0.242 e. The molecule has 1 aromatic heterocycles. The molecule has 32 heavy (non-hydrogen) atoms. The Kier molecular flexibility index (Phi) is 8.09. The van der Waals surface area contributed by atoms with E-state index in [1.807, 2.05) is 0 Å². The molecule has 2 aromatic rings. The number of hydrogen-bond acceptors (Lipinski definition) is 7. The zero-order valence-electron chi connectivity index (χ0n) is 18.5. The number of benzene rings is 1. The van der Waals surface area contributed by atoms with Gasteiger partial charge in [0.25, 0.3) is 0 Å². The standard InChI is InChI=1S/C22H33N5O3S2/c28-22(23-12-15-27-13-3-1-2-4-14-27)18-10-8-17(9-11-18)16-24-32(29,30)20-7-5-6-19-21(20)26-31-25-19/h5-7,17-18,24H,1-4,8-16H2,(H,23,28). The van der Waals surface area contributed by atoms with Crippen LogP contribution >= 0.6 is 11.7 Å². The molecular formula is C22H33N5O3S2. The molecule has 10 heteroatoms. The molecule has 0 spiro atoms. The van der Waals surface area contributed by atoms with Gasteiger partial charge in [-0.1, -0.05) is 18.9 Å². The van der Waals surface area contributed by atoms with Gasteiger partial charge in [0.05, 0.1) is 11.7 Å². The topological polar surface area (TPSA) is 104 Å². The summed E-state index contributed by atoms with van der Waals surface area (Å²) < 4.78 is 36.6. The largest absolute Gasteiger partial charge is 0.355 e. The predicted molar refractivity (Wildman–Crippen MR) is 126 cm³/mol. The lowest BCUT2D eigenvalue weighted by atomic mass is 9.81. The summed E-state index contributed by atoms with van der Waals surface area (Å²) in [4.78, 5) is 15.2.